The van der Waals surface area contributed by atoms with Crippen molar-refractivity contribution in [1.29, 1.82) is 0 Å². The fourth-order valence-corrected chi connectivity index (χ4v) is 3.37. The average Bonchev–Trinajstić information content (AvgIpc) is 2.70. The Morgan fingerprint density at radius 3 is 2.88 bits per heavy atom. The van der Waals surface area contributed by atoms with E-state index in [1.165, 1.54) is 36.0 Å². The van der Waals surface area contributed by atoms with Gasteiger partial charge in [-0.25, -0.2) is 0 Å². The van der Waals surface area contributed by atoms with Crippen LogP contribution in [0, 0.1) is 5.92 Å². The highest BCUT2D eigenvalue weighted by molar-refractivity contribution is 9.10. The highest BCUT2D eigenvalue weighted by atomic mass is 79.9. The van der Waals surface area contributed by atoms with Crippen molar-refractivity contribution in [2.75, 3.05) is 18.4 Å². The molecule has 0 aliphatic carbocycles. The first kappa shape index (κ1) is 12.6. The number of rotatable bonds is 4. The van der Waals surface area contributed by atoms with E-state index >= 15 is 0 Å². The van der Waals surface area contributed by atoms with Gasteiger partial charge in [0.05, 0.1) is 0 Å². The Kier molecular flexibility index (Phi) is 4.86. The van der Waals surface area contributed by atoms with Crippen molar-refractivity contribution in [2.24, 2.45) is 5.92 Å². The van der Waals surface area contributed by atoms with E-state index in [4.69, 9.17) is 0 Å². The molecule has 1 aromatic rings. The minimum absolute atomic E-state index is 0.891. The first-order valence-corrected chi connectivity index (χ1v) is 7.73. The highest BCUT2D eigenvalue weighted by Crippen LogP contribution is 2.24. The molecule has 2 rings (SSSR count). The molecule has 0 aromatic heterocycles. The van der Waals surface area contributed by atoms with Crippen LogP contribution in [-0.2, 0) is 6.54 Å². The molecule has 1 fully saturated rings. The van der Waals surface area contributed by atoms with Gasteiger partial charge in [0.25, 0.3) is 0 Å². The number of benzene rings is 1. The lowest BCUT2D eigenvalue weighted by Crippen LogP contribution is -2.20. The quantitative estimate of drug-likeness (QED) is 0.743. The van der Waals surface area contributed by atoms with E-state index in [9.17, 15) is 0 Å². The average molecular weight is 347 g/mol. The van der Waals surface area contributed by atoms with Gasteiger partial charge >= 0.3 is 0 Å². The van der Waals surface area contributed by atoms with Crippen molar-refractivity contribution >= 4 is 31.9 Å². The molecule has 1 nitrogen and oxygen atoms in total. The summed E-state index contributed by atoms with van der Waals surface area (Å²) < 4.78 is 1.24. The van der Waals surface area contributed by atoms with Gasteiger partial charge < -0.3 is 0 Å². The lowest BCUT2D eigenvalue weighted by Gasteiger charge is -2.16. The maximum Gasteiger partial charge on any atom is 0.0245 e. The summed E-state index contributed by atoms with van der Waals surface area (Å²) in [5.74, 6) is 0.891. The molecule has 88 valence electrons. The lowest BCUT2D eigenvalue weighted by atomic mass is 10.1. The topological polar surface area (TPSA) is 3.24 Å². The Hall–Kier alpha value is 0.140. The van der Waals surface area contributed by atoms with Crippen LogP contribution in [0.3, 0.4) is 0 Å². The predicted octanol–water partition coefficient (Wildman–Crippen LogP) is 4.06. The van der Waals surface area contributed by atoms with Crippen LogP contribution in [0.15, 0.2) is 28.7 Å². The molecule has 0 radical (unpaired) electrons. The fourth-order valence-electron chi connectivity index (χ4n) is 2.31. The molecule has 1 aromatic carbocycles. The summed E-state index contributed by atoms with van der Waals surface area (Å²) in [5.41, 5.74) is 1.40. The van der Waals surface area contributed by atoms with Crippen LogP contribution >= 0.6 is 31.9 Å². The van der Waals surface area contributed by atoms with Crippen molar-refractivity contribution in [3.05, 3.63) is 34.3 Å². The summed E-state index contributed by atoms with van der Waals surface area (Å²) in [7, 11) is 0. The molecule has 0 amide bonds. The molecule has 0 saturated carbocycles. The molecular weight excluding hydrogens is 330 g/mol. The third kappa shape index (κ3) is 3.31. The number of hydrogen-bond acceptors (Lipinski definition) is 1. The van der Waals surface area contributed by atoms with E-state index in [1.807, 2.05) is 0 Å². The lowest BCUT2D eigenvalue weighted by molar-refractivity contribution is 0.315. The minimum Gasteiger partial charge on any atom is -0.299 e. The van der Waals surface area contributed by atoms with Gasteiger partial charge in [-0.05, 0) is 36.9 Å². The van der Waals surface area contributed by atoms with E-state index in [1.54, 1.807) is 0 Å². The Morgan fingerprint density at radius 2 is 2.12 bits per heavy atom. The molecule has 0 bridgehead atoms. The molecule has 1 aliphatic heterocycles. The van der Waals surface area contributed by atoms with Crippen molar-refractivity contribution in [1.82, 2.24) is 4.90 Å². The van der Waals surface area contributed by atoms with Crippen LogP contribution in [0.2, 0.25) is 0 Å². The van der Waals surface area contributed by atoms with Crippen molar-refractivity contribution in [3.63, 3.8) is 0 Å². The van der Waals surface area contributed by atoms with E-state index in [0.29, 0.717) is 0 Å². The van der Waals surface area contributed by atoms with Crippen molar-refractivity contribution in [3.8, 4) is 0 Å². The first-order valence-electron chi connectivity index (χ1n) is 5.81. The van der Waals surface area contributed by atoms with Gasteiger partial charge in [-0.1, -0.05) is 50.1 Å². The van der Waals surface area contributed by atoms with E-state index in [0.717, 1.165) is 17.8 Å². The molecule has 1 unspecified atom stereocenters. The summed E-state index contributed by atoms with van der Waals surface area (Å²) in [4.78, 5) is 2.56. The number of alkyl halides is 1. The van der Waals surface area contributed by atoms with E-state index < -0.39 is 0 Å². The number of halogens is 2. The second kappa shape index (κ2) is 6.18. The van der Waals surface area contributed by atoms with Gasteiger partial charge in [-0.2, -0.15) is 0 Å². The third-order valence-electron chi connectivity index (χ3n) is 3.24. The van der Waals surface area contributed by atoms with Gasteiger partial charge in [0, 0.05) is 22.9 Å². The Bertz CT molecular complexity index is 340. The maximum atomic E-state index is 3.62. The zero-order valence-corrected chi connectivity index (χ0v) is 12.5. The standard InChI is InChI=1S/C13H17Br2N/c14-7-5-11-6-8-16(9-11)10-12-3-1-2-4-13(12)15/h1-4,11H,5-10H2. The molecule has 3 heteroatoms. The SMILES string of the molecule is BrCCC1CCN(Cc2ccccc2Br)C1. The summed E-state index contributed by atoms with van der Waals surface area (Å²) in [5, 5.41) is 1.14. The highest BCUT2D eigenvalue weighted by Gasteiger charge is 2.21. The largest absolute Gasteiger partial charge is 0.299 e. The van der Waals surface area contributed by atoms with Gasteiger partial charge in [0.1, 0.15) is 0 Å². The molecule has 0 spiro atoms. The van der Waals surface area contributed by atoms with Crippen LogP contribution < -0.4 is 0 Å². The predicted molar refractivity (Wildman–Crippen MR) is 75.9 cm³/mol. The van der Waals surface area contributed by atoms with Crippen molar-refractivity contribution in [2.45, 2.75) is 19.4 Å². The molecule has 16 heavy (non-hydrogen) atoms. The van der Waals surface area contributed by atoms with E-state index in [2.05, 4.69) is 61.0 Å². The second-order valence-electron chi connectivity index (χ2n) is 4.46. The van der Waals surface area contributed by atoms with E-state index in [-0.39, 0.29) is 0 Å². The van der Waals surface area contributed by atoms with Gasteiger partial charge in [0.15, 0.2) is 0 Å². The van der Waals surface area contributed by atoms with Crippen LogP contribution in [0.1, 0.15) is 18.4 Å². The second-order valence-corrected chi connectivity index (χ2v) is 6.11. The smallest absolute Gasteiger partial charge is 0.0245 e. The normalized spacial score (nSPS) is 21.5. The Labute approximate surface area is 114 Å². The molecule has 1 heterocycles. The zero-order valence-electron chi connectivity index (χ0n) is 9.33. The number of likely N-dealkylation sites (tertiary alicyclic amines) is 1. The summed E-state index contributed by atoms with van der Waals surface area (Å²) >= 11 is 7.15. The van der Waals surface area contributed by atoms with Gasteiger partial charge in [-0.15, -0.1) is 0 Å². The molecule has 1 aliphatic rings. The third-order valence-corrected chi connectivity index (χ3v) is 4.47. The minimum atomic E-state index is 0.891. The number of hydrogen-bond donors (Lipinski definition) is 0. The van der Waals surface area contributed by atoms with Gasteiger partial charge in [-0.3, -0.25) is 4.90 Å². The monoisotopic (exact) mass is 345 g/mol. The van der Waals surface area contributed by atoms with Crippen LogP contribution in [0.5, 0.6) is 0 Å². The van der Waals surface area contributed by atoms with Crippen LogP contribution in [0.25, 0.3) is 0 Å². The zero-order chi connectivity index (χ0) is 11.4. The van der Waals surface area contributed by atoms with Gasteiger partial charge in [0.2, 0.25) is 0 Å². The fraction of sp³-hybridized carbons (Fsp3) is 0.538. The summed E-state index contributed by atoms with van der Waals surface area (Å²) in [6, 6.07) is 8.53. The first-order chi connectivity index (χ1) is 7.79. The summed E-state index contributed by atoms with van der Waals surface area (Å²) in [6.45, 7) is 3.59. The Balaban J connectivity index is 1.90. The molecule has 1 atom stereocenters. The molecule has 1 saturated heterocycles. The van der Waals surface area contributed by atoms with Crippen molar-refractivity contribution < 1.29 is 0 Å². The Morgan fingerprint density at radius 1 is 1.31 bits per heavy atom. The molecular formula is C13H17Br2N. The maximum absolute atomic E-state index is 3.62. The molecule has 0 N–H and O–H groups in total. The summed E-state index contributed by atoms with van der Waals surface area (Å²) in [6.07, 6.45) is 2.67. The number of nitrogens with zero attached hydrogens (tertiary/aromatic N) is 1. The van der Waals surface area contributed by atoms with Crippen LogP contribution in [-0.4, -0.2) is 23.3 Å². The van der Waals surface area contributed by atoms with Crippen LogP contribution in [0.4, 0.5) is 0 Å².